The van der Waals surface area contributed by atoms with Gasteiger partial charge in [-0.3, -0.25) is 19.7 Å². The van der Waals surface area contributed by atoms with Crippen LogP contribution < -0.4 is 21.3 Å². The molecule has 8 nitrogen and oxygen atoms in total. The maximum absolute atomic E-state index is 12.7. The summed E-state index contributed by atoms with van der Waals surface area (Å²) >= 11 is 1.35. The molecule has 4 N–H and O–H groups in total. The summed E-state index contributed by atoms with van der Waals surface area (Å²) in [5.41, 5.74) is 4.62. The van der Waals surface area contributed by atoms with Gasteiger partial charge in [0, 0.05) is 37.4 Å². The van der Waals surface area contributed by atoms with Crippen molar-refractivity contribution in [3.63, 3.8) is 0 Å². The number of aryl methyl sites for hydroxylation is 2. The Balaban J connectivity index is 1.79. The molecule has 3 rings (SSSR count). The van der Waals surface area contributed by atoms with Crippen molar-refractivity contribution in [1.29, 1.82) is 0 Å². The maximum Gasteiger partial charge on any atom is 0.257 e. The number of hydrogen-bond donors (Lipinski definition) is 4. The number of carbonyl (C=O) groups is 3. The van der Waals surface area contributed by atoms with Gasteiger partial charge in [0.25, 0.3) is 5.91 Å². The monoisotopic (exact) mass is 465 g/mol. The van der Waals surface area contributed by atoms with Crippen LogP contribution >= 0.6 is 11.3 Å². The van der Waals surface area contributed by atoms with Crippen LogP contribution in [0.2, 0.25) is 0 Å². The van der Waals surface area contributed by atoms with E-state index >= 15 is 0 Å². The van der Waals surface area contributed by atoms with Crippen LogP contribution in [0.4, 0.5) is 16.5 Å². The lowest BCUT2D eigenvalue weighted by Crippen LogP contribution is -2.21. The Hall–Kier alpha value is -3.72. The summed E-state index contributed by atoms with van der Waals surface area (Å²) in [6, 6.07) is 13.1. The zero-order chi connectivity index (χ0) is 23.8. The predicted octanol–water partition coefficient (Wildman–Crippen LogP) is 4.09. The van der Waals surface area contributed by atoms with Gasteiger partial charge >= 0.3 is 0 Å². The number of nitrogens with one attached hydrogen (secondary N) is 4. The fourth-order valence-electron chi connectivity index (χ4n) is 3.09. The van der Waals surface area contributed by atoms with Gasteiger partial charge in [0.05, 0.1) is 17.1 Å². The maximum atomic E-state index is 12.7. The normalized spacial score (nSPS) is 10.4. The summed E-state index contributed by atoms with van der Waals surface area (Å²) in [7, 11) is 1.53. The minimum absolute atomic E-state index is 0.0335. The predicted molar refractivity (Wildman–Crippen MR) is 132 cm³/mol. The highest BCUT2D eigenvalue weighted by Gasteiger charge is 2.14. The molecule has 0 aliphatic heterocycles. The summed E-state index contributed by atoms with van der Waals surface area (Å²) in [6.07, 6.45) is 0.115. The Morgan fingerprint density at radius 3 is 2.39 bits per heavy atom. The fraction of sp³-hybridized carbons (Fsp3) is 0.250. The second-order valence-corrected chi connectivity index (χ2v) is 8.37. The highest BCUT2D eigenvalue weighted by Crippen LogP contribution is 2.26. The minimum Gasteiger partial charge on any atom is -0.379 e. The van der Waals surface area contributed by atoms with Crippen LogP contribution in [0.25, 0.3) is 0 Å². The van der Waals surface area contributed by atoms with Gasteiger partial charge in [0.2, 0.25) is 11.8 Å². The molecule has 0 radical (unpaired) electrons. The van der Waals surface area contributed by atoms with Crippen LogP contribution in [0.1, 0.15) is 40.0 Å². The van der Waals surface area contributed by atoms with Gasteiger partial charge in [-0.05, 0) is 43.2 Å². The Morgan fingerprint density at radius 1 is 0.939 bits per heavy atom. The second kappa shape index (κ2) is 11.2. The molecule has 9 heteroatoms. The van der Waals surface area contributed by atoms with Crippen LogP contribution in [0.15, 0.2) is 47.8 Å². The molecule has 0 atom stereocenters. The number of carbonyl (C=O) groups excluding carboxylic acids is 3. The van der Waals surface area contributed by atoms with E-state index in [1.807, 2.05) is 43.5 Å². The van der Waals surface area contributed by atoms with Crippen molar-refractivity contribution in [1.82, 2.24) is 10.3 Å². The Kier molecular flexibility index (Phi) is 8.15. The van der Waals surface area contributed by atoms with Crippen molar-refractivity contribution < 1.29 is 14.4 Å². The summed E-state index contributed by atoms with van der Waals surface area (Å²) in [6.45, 7) is 4.44. The number of rotatable bonds is 9. The molecule has 172 valence electrons. The molecular weight excluding hydrogens is 438 g/mol. The first kappa shape index (κ1) is 23.9. The van der Waals surface area contributed by atoms with E-state index in [0.717, 1.165) is 16.8 Å². The van der Waals surface area contributed by atoms with Gasteiger partial charge in [0.15, 0.2) is 5.13 Å². The van der Waals surface area contributed by atoms with E-state index in [1.54, 1.807) is 18.2 Å². The van der Waals surface area contributed by atoms with E-state index in [1.165, 1.54) is 18.4 Å². The molecule has 0 unspecified atom stereocenters. The third-order valence-corrected chi connectivity index (χ3v) is 5.86. The number of hydrogen-bond acceptors (Lipinski definition) is 6. The van der Waals surface area contributed by atoms with E-state index in [2.05, 4.69) is 26.3 Å². The zero-order valence-electron chi connectivity index (χ0n) is 18.8. The summed E-state index contributed by atoms with van der Waals surface area (Å²) in [4.78, 5) is 40.9. The lowest BCUT2D eigenvalue weighted by Gasteiger charge is -2.15. The SMILES string of the molecule is CNC(=O)CCC(=O)Nc1cc(C(=O)Nc2nc(C)cs2)ccc1NCc1ccccc1C. The van der Waals surface area contributed by atoms with E-state index in [9.17, 15) is 14.4 Å². The van der Waals surface area contributed by atoms with E-state index in [0.29, 0.717) is 28.6 Å². The molecule has 1 heterocycles. The second-order valence-electron chi connectivity index (χ2n) is 7.51. The molecule has 0 spiro atoms. The van der Waals surface area contributed by atoms with Crippen LogP contribution in [0.3, 0.4) is 0 Å². The number of benzene rings is 2. The summed E-state index contributed by atoms with van der Waals surface area (Å²) < 4.78 is 0. The summed E-state index contributed by atoms with van der Waals surface area (Å²) in [5, 5.41) is 13.8. The number of amides is 3. The topological polar surface area (TPSA) is 112 Å². The van der Waals surface area contributed by atoms with Crippen molar-refractivity contribution in [2.75, 3.05) is 23.0 Å². The van der Waals surface area contributed by atoms with E-state index in [-0.39, 0.29) is 30.6 Å². The van der Waals surface area contributed by atoms with Crippen LogP contribution in [0, 0.1) is 13.8 Å². The third kappa shape index (κ3) is 6.88. The van der Waals surface area contributed by atoms with Crippen LogP contribution in [-0.4, -0.2) is 29.8 Å². The molecule has 0 saturated carbocycles. The quantitative estimate of drug-likeness (QED) is 0.380. The van der Waals surface area contributed by atoms with E-state index in [4.69, 9.17) is 0 Å². The van der Waals surface area contributed by atoms with Gasteiger partial charge in [-0.25, -0.2) is 4.98 Å². The van der Waals surface area contributed by atoms with Gasteiger partial charge in [0.1, 0.15) is 0 Å². The first-order valence-electron chi connectivity index (χ1n) is 10.5. The van der Waals surface area contributed by atoms with Crippen LogP contribution in [-0.2, 0) is 16.1 Å². The molecule has 0 fully saturated rings. The molecule has 33 heavy (non-hydrogen) atoms. The third-order valence-electron chi connectivity index (χ3n) is 4.98. The lowest BCUT2D eigenvalue weighted by atomic mass is 10.1. The molecule has 3 aromatic rings. The molecule has 0 aliphatic rings. The van der Waals surface area contributed by atoms with Crippen molar-refractivity contribution in [2.45, 2.75) is 33.2 Å². The van der Waals surface area contributed by atoms with Gasteiger partial charge in [-0.1, -0.05) is 24.3 Å². The largest absolute Gasteiger partial charge is 0.379 e. The molecule has 0 bridgehead atoms. The average Bonchev–Trinajstić information content (AvgIpc) is 3.21. The smallest absolute Gasteiger partial charge is 0.257 e. The van der Waals surface area contributed by atoms with Gasteiger partial charge in [-0.2, -0.15) is 0 Å². The van der Waals surface area contributed by atoms with Gasteiger partial charge in [-0.15, -0.1) is 11.3 Å². The van der Waals surface area contributed by atoms with Crippen molar-refractivity contribution in [2.24, 2.45) is 0 Å². The molecule has 0 saturated heterocycles. The Morgan fingerprint density at radius 2 is 1.70 bits per heavy atom. The van der Waals surface area contributed by atoms with Gasteiger partial charge < -0.3 is 16.0 Å². The number of nitrogens with zero attached hydrogens (tertiary/aromatic N) is 1. The molecule has 3 amide bonds. The lowest BCUT2D eigenvalue weighted by molar-refractivity contribution is -0.124. The Labute approximate surface area is 196 Å². The molecule has 1 aromatic heterocycles. The average molecular weight is 466 g/mol. The number of anilines is 3. The fourth-order valence-corrected chi connectivity index (χ4v) is 3.77. The zero-order valence-corrected chi connectivity index (χ0v) is 19.6. The minimum atomic E-state index is -0.323. The number of aromatic nitrogens is 1. The highest BCUT2D eigenvalue weighted by molar-refractivity contribution is 7.13. The first-order chi connectivity index (χ1) is 15.9. The number of thiazole rings is 1. The van der Waals surface area contributed by atoms with Crippen molar-refractivity contribution in [3.8, 4) is 0 Å². The molecule has 0 aliphatic carbocycles. The highest BCUT2D eigenvalue weighted by atomic mass is 32.1. The molecular formula is C24H27N5O3S. The summed E-state index contributed by atoms with van der Waals surface area (Å²) in [5.74, 6) is -0.851. The Bertz CT molecular complexity index is 1160. The standard InChI is InChI=1S/C24H27N5O3S/c1-15-6-4-5-7-18(15)13-26-19-9-8-17(23(32)29-24-27-16(2)14-33-24)12-20(19)28-22(31)11-10-21(30)25-3/h4-9,12,14,26H,10-11,13H2,1-3H3,(H,25,30)(H,28,31)(H,27,29,32). The van der Waals surface area contributed by atoms with Crippen molar-refractivity contribution in [3.05, 3.63) is 70.2 Å². The van der Waals surface area contributed by atoms with Crippen LogP contribution in [0.5, 0.6) is 0 Å². The first-order valence-corrected chi connectivity index (χ1v) is 11.4. The van der Waals surface area contributed by atoms with E-state index < -0.39 is 0 Å². The van der Waals surface area contributed by atoms with Crippen molar-refractivity contribution >= 4 is 45.6 Å². The molecule has 2 aromatic carbocycles.